The number of benzene rings is 1. The molecule has 23 heavy (non-hydrogen) atoms. The molecule has 0 amide bonds. The Bertz CT molecular complexity index is 809. The second-order valence-electron chi connectivity index (χ2n) is 5.28. The van der Waals surface area contributed by atoms with Gasteiger partial charge in [0.05, 0.1) is 12.7 Å². The summed E-state index contributed by atoms with van der Waals surface area (Å²) in [6.07, 6.45) is 0.525. The van der Waals surface area contributed by atoms with Crippen molar-refractivity contribution in [1.29, 1.82) is 5.26 Å². The molecule has 0 saturated carbocycles. The smallest absolute Gasteiger partial charge is 0.252 e. The minimum absolute atomic E-state index is 0.156. The highest BCUT2D eigenvalue weighted by atomic mass is 32.2. The van der Waals surface area contributed by atoms with Gasteiger partial charge in [0.2, 0.25) is 0 Å². The SMILES string of the molecule is N#Cc1ccc(S(=O)(=O)N2CCOC(Cc3ccccc3)C2)s1. The van der Waals surface area contributed by atoms with Gasteiger partial charge in [0.25, 0.3) is 10.0 Å². The summed E-state index contributed by atoms with van der Waals surface area (Å²) in [5.41, 5.74) is 1.12. The van der Waals surface area contributed by atoms with Gasteiger partial charge in [-0.1, -0.05) is 30.3 Å². The van der Waals surface area contributed by atoms with Crippen LogP contribution >= 0.6 is 11.3 Å². The van der Waals surface area contributed by atoms with Gasteiger partial charge in [-0.05, 0) is 24.1 Å². The summed E-state index contributed by atoms with van der Waals surface area (Å²) in [6, 6.07) is 14.9. The van der Waals surface area contributed by atoms with Crippen molar-refractivity contribution in [2.75, 3.05) is 19.7 Å². The highest BCUT2D eigenvalue weighted by Gasteiger charge is 2.31. The minimum Gasteiger partial charge on any atom is -0.375 e. The number of rotatable bonds is 4. The van der Waals surface area contributed by atoms with Gasteiger partial charge in [0.15, 0.2) is 0 Å². The number of sulfonamides is 1. The summed E-state index contributed by atoms with van der Waals surface area (Å²) in [7, 11) is -3.56. The molecular weight excluding hydrogens is 332 g/mol. The number of morpholine rings is 1. The van der Waals surface area contributed by atoms with Gasteiger partial charge in [0, 0.05) is 13.1 Å². The molecule has 1 atom stereocenters. The van der Waals surface area contributed by atoms with Crippen molar-refractivity contribution < 1.29 is 13.2 Å². The lowest BCUT2D eigenvalue weighted by Gasteiger charge is -2.31. The molecule has 1 aromatic carbocycles. The first kappa shape index (κ1) is 16.1. The number of nitrogens with zero attached hydrogens (tertiary/aromatic N) is 2. The molecule has 0 aliphatic carbocycles. The fraction of sp³-hybridized carbons (Fsp3) is 0.312. The molecule has 1 aliphatic heterocycles. The van der Waals surface area contributed by atoms with Gasteiger partial charge in [-0.3, -0.25) is 0 Å². The van der Waals surface area contributed by atoms with Crippen molar-refractivity contribution >= 4 is 21.4 Å². The normalized spacial score (nSPS) is 19.3. The molecule has 7 heteroatoms. The maximum Gasteiger partial charge on any atom is 0.252 e. The van der Waals surface area contributed by atoms with E-state index in [2.05, 4.69) is 0 Å². The lowest BCUT2D eigenvalue weighted by atomic mass is 10.1. The number of hydrogen-bond donors (Lipinski definition) is 0. The zero-order valence-corrected chi connectivity index (χ0v) is 14.0. The van der Waals surface area contributed by atoms with E-state index in [4.69, 9.17) is 10.00 Å². The van der Waals surface area contributed by atoms with Crippen molar-refractivity contribution in [3.63, 3.8) is 0 Å². The maximum atomic E-state index is 12.7. The van der Waals surface area contributed by atoms with Gasteiger partial charge in [-0.25, -0.2) is 8.42 Å². The standard InChI is InChI=1S/C16H16N2O3S2/c17-11-15-6-7-16(22-15)23(19,20)18-8-9-21-14(12-18)10-13-4-2-1-3-5-13/h1-7,14H,8-10,12H2. The second-order valence-corrected chi connectivity index (χ2v) is 8.52. The molecule has 1 aliphatic rings. The Hall–Kier alpha value is -1.72. The van der Waals surface area contributed by atoms with Crippen LogP contribution in [0.25, 0.3) is 0 Å². The van der Waals surface area contributed by atoms with Crippen LogP contribution in [-0.2, 0) is 21.2 Å². The van der Waals surface area contributed by atoms with E-state index in [1.807, 2.05) is 36.4 Å². The summed E-state index contributed by atoms with van der Waals surface area (Å²) >= 11 is 1.01. The fourth-order valence-corrected chi connectivity index (χ4v) is 5.27. The monoisotopic (exact) mass is 348 g/mol. The number of ether oxygens (including phenoxy) is 1. The Morgan fingerprint density at radius 2 is 2.04 bits per heavy atom. The maximum absolute atomic E-state index is 12.7. The molecule has 1 unspecified atom stereocenters. The molecule has 1 saturated heterocycles. The van der Waals surface area contributed by atoms with Crippen molar-refractivity contribution in [2.45, 2.75) is 16.7 Å². The van der Waals surface area contributed by atoms with Gasteiger partial charge in [0.1, 0.15) is 15.2 Å². The Morgan fingerprint density at radius 3 is 2.74 bits per heavy atom. The molecule has 120 valence electrons. The van der Waals surface area contributed by atoms with E-state index in [9.17, 15) is 8.42 Å². The van der Waals surface area contributed by atoms with Crippen molar-refractivity contribution in [1.82, 2.24) is 4.31 Å². The Morgan fingerprint density at radius 1 is 1.26 bits per heavy atom. The van der Waals surface area contributed by atoms with Crippen molar-refractivity contribution in [3.05, 3.63) is 52.9 Å². The lowest BCUT2D eigenvalue weighted by molar-refractivity contribution is -0.000439. The minimum atomic E-state index is -3.56. The third-order valence-electron chi connectivity index (χ3n) is 3.69. The molecule has 2 heterocycles. The molecule has 2 aromatic rings. The first-order chi connectivity index (χ1) is 11.1. The summed E-state index contributed by atoms with van der Waals surface area (Å²) < 4.78 is 32.8. The molecule has 1 aromatic heterocycles. The van der Waals surface area contributed by atoms with Crippen LogP contribution in [0.1, 0.15) is 10.4 Å². The van der Waals surface area contributed by atoms with E-state index in [1.165, 1.54) is 10.4 Å². The molecule has 0 bridgehead atoms. The van der Waals surface area contributed by atoms with Gasteiger partial charge < -0.3 is 4.74 Å². The van der Waals surface area contributed by atoms with E-state index in [0.717, 1.165) is 16.9 Å². The molecule has 1 fully saturated rings. The van der Waals surface area contributed by atoms with E-state index in [0.29, 0.717) is 31.0 Å². The predicted octanol–water partition coefficient (Wildman–Crippen LogP) is 2.25. The number of thiophene rings is 1. The van der Waals surface area contributed by atoms with Crippen LogP contribution in [0.4, 0.5) is 0 Å². The zero-order valence-electron chi connectivity index (χ0n) is 12.4. The fourth-order valence-electron chi connectivity index (χ4n) is 2.56. The third-order valence-corrected chi connectivity index (χ3v) is 7.02. The van der Waals surface area contributed by atoms with Crippen LogP contribution < -0.4 is 0 Å². The molecule has 0 radical (unpaired) electrons. The van der Waals surface area contributed by atoms with E-state index >= 15 is 0 Å². The first-order valence-electron chi connectivity index (χ1n) is 7.25. The number of nitriles is 1. The Kier molecular flexibility index (Phi) is 4.78. The Balaban J connectivity index is 1.74. The van der Waals surface area contributed by atoms with E-state index in [-0.39, 0.29) is 10.3 Å². The van der Waals surface area contributed by atoms with Crippen molar-refractivity contribution in [3.8, 4) is 6.07 Å². The summed E-state index contributed by atoms with van der Waals surface area (Å²) in [5, 5.41) is 8.87. The quantitative estimate of drug-likeness (QED) is 0.850. The van der Waals surface area contributed by atoms with Gasteiger partial charge >= 0.3 is 0 Å². The molecule has 5 nitrogen and oxygen atoms in total. The van der Waals surface area contributed by atoms with Crippen LogP contribution in [0.5, 0.6) is 0 Å². The van der Waals surface area contributed by atoms with Crippen LogP contribution in [0, 0.1) is 11.3 Å². The highest BCUT2D eigenvalue weighted by molar-refractivity contribution is 7.91. The highest BCUT2D eigenvalue weighted by Crippen LogP contribution is 2.26. The van der Waals surface area contributed by atoms with Gasteiger partial charge in [-0.15, -0.1) is 11.3 Å². The third kappa shape index (κ3) is 3.62. The topological polar surface area (TPSA) is 70.4 Å². The van der Waals surface area contributed by atoms with E-state index < -0.39 is 10.0 Å². The van der Waals surface area contributed by atoms with Crippen LogP contribution in [0.2, 0.25) is 0 Å². The summed E-state index contributed by atoms with van der Waals surface area (Å²) in [5.74, 6) is 0. The van der Waals surface area contributed by atoms with Gasteiger partial charge in [-0.2, -0.15) is 9.57 Å². The van der Waals surface area contributed by atoms with E-state index in [1.54, 1.807) is 6.07 Å². The summed E-state index contributed by atoms with van der Waals surface area (Å²) in [6.45, 7) is 1.05. The molecular formula is C16H16N2O3S2. The lowest BCUT2D eigenvalue weighted by Crippen LogP contribution is -2.46. The molecule has 0 N–H and O–H groups in total. The summed E-state index contributed by atoms with van der Waals surface area (Å²) in [4.78, 5) is 0.401. The van der Waals surface area contributed by atoms with Crippen LogP contribution in [0.15, 0.2) is 46.7 Å². The Labute approximate surface area is 139 Å². The largest absolute Gasteiger partial charge is 0.375 e. The average molecular weight is 348 g/mol. The van der Waals surface area contributed by atoms with Crippen molar-refractivity contribution in [2.24, 2.45) is 0 Å². The number of hydrogen-bond acceptors (Lipinski definition) is 5. The average Bonchev–Trinajstić information content (AvgIpc) is 3.06. The second kappa shape index (κ2) is 6.81. The predicted molar refractivity (Wildman–Crippen MR) is 87.7 cm³/mol. The first-order valence-corrected chi connectivity index (χ1v) is 9.51. The molecule has 0 spiro atoms. The molecule has 3 rings (SSSR count). The van der Waals surface area contributed by atoms with Crippen LogP contribution in [-0.4, -0.2) is 38.5 Å². The van der Waals surface area contributed by atoms with Crippen LogP contribution in [0.3, 0.4) is 0 Å². The zero-order chi connectivity index (χ0) is 16.3.